The van der Waals surface area contributed by atoms with Crippen LogP contribution in [-0.4, -0.2) is 37.7 Å². The minimum Gasteiger partial charge on any atom is -0.316 e. The Kier molecular flexibility index (Phi) is 3.52. The zero-order valence-electron chi connectivity index (χ0n) is 8.27. The third kappa shape index (κ3) is 2.61. The van der Waals surface area contributed by atoms with Gasteiger partial charge in [0.05, 0.1) is 0 Å². The molecule has 2 nitrogen and oxygen atoms in total. The predicted octanol–water partition coefficient (Wildman–Crippen LogP) is 1.08. The SMILES string of the molecule is C1CCC2(CNC1)CNCCSC2. The largest absolute Gasteiger partial charge is 0.316 e. The maximum Gasteiger partial charge on any atom is 0.00583 e. The van der Waals surface area contributed by atoms with Crippen LogP contribution >= 0.6 is 11.8 Å². The van der Waals surface area contributed by atoms with Crippen LogP contribution < -0.4 is 10.6 Å². The first-order chi connectivity index (χ1) is 6.41. The van der Waals surface area contributed by atoms with Crippen molar-refractivity contribution in [2.45, 2.75) is 19.3 Å². The third-order valence-corrected chi connectivity index (χ3v) is 4.45. The molecule has 2 aliphatic rings. The highest BCUT2D eigenvalue weighted by molar-refractivity contribution is 7.99. The van der Waals surface area contributed by atoms with E-state index in [1.54, 1.807) is 0 Å². The lowest BCUT2D eigenvalue weighted by atomic mass is 9.85. The summed E-state index contributed by atoms with van der Waals surface area (Å²) >= 11 is 2.13. The van der Waals surface area contributed by atoms with Gasteiger partial charge in [-0.25, -0.2) is 0 Å². The normalized spacial score (nSPS) is 36.9. The second-order valence-corrected chi connectivity index (χ2v) is 5.47. The molecule has 1 spiro atoms. The molecule has 0 aromatic heterocycles. The van der Waals surface area contributed by atoms with Crippen LogP contribution in [0.3, 0.4) is 0 Å². The average Bonchev–Trinajstić information content (AvgIpc) is 2.50. The first kappa shape index (κ1) is 9.81. The smallest absolute Gasteiger partial charge is 0.00583 e. The summed E-state index contributed by atoms with van der Waals surface area (Å²) in [4.78, 5) is 0. The topological polar surface area (TPSA) is 24.1 Å². The van der Waals surface area contributed by atoms with E-state index in [4.69, 9.17) is 0 Å². The van der Waals surface area contributed by atoms with Crippen molar-refractivity contribution in [1.29, 1.82) is 0 Å². The second kappa shape index (κ2) is 4.67. The number of thioether (sulfide) groups is 1. The van der Waals surface area contributed by atoms with Gasteiger partial charge in [-0.1, -0.05) is 6.42 Å². The van der Waals surface area contributed by atoms with Gasteiger partial charge in [-0.3, -0.25) is 0 Å². The van der Waals surface area contributed by atoms with Crippen LogP contribution in [0.5, 0.6) is 0 Å². The summed E-state index contributed by atoms with van der Waals surface area (Å²) in [5.41, 5.74) is 0.567. The van der Waals surface area contributed by atoms with Crippen LogP contribution in [0.2, 0.25) is 0 Å². The van der Waals surface area contributed by atoms with Gasteiger partial charge in [0, 0.05) is 36.6 Å². The molecule has 2 saturated heterocycles. The Labute approximate surface area is 85.2 Å². The maximum atomic E-state index is 3.58. The van der Waals surface area contributed by atoms with Crippen molar-refractivity contribution in [3.8, 4) is 0 Å². The number of nitrogens with one attached hydrogen (secondary N) is 2. The lowest BCUT2D eigenvalue weighted by molar-refractivity contribution is 0.295. The van der Waals surface area contributed by atoms with E-state index in [1.165, 1.54) is 56.9 Å². The van der Waals surface area contributed by atoms with E-state index in [2.05, 4.69) is 22.4 Å². The number of rotatable bonds is 0. The Morgan fingerprint density at radius 2 is 1.85 bits per heavy atom. The van der Waals surface area contributed by atoms with E-state index in [0.29, 0.717) is 5.41 Å². The van der Waals surface area contributed by atoms with E-state index in [1.807, 2.05) is 0 Å². The summed E-state index contributed by atoms with van der Waals surface area (Å²) in [6, 6.07) is 0. The van der Waals surface area contributed by atoms with Crippen molar-refractivity contribution < 1.29 is 0 Å². The monoisotopic (exact) mass is 200 g/mol. The Bertz CT molecular complexity index is 123. The molecule has 3 heteroatoms. The van der Waals surface area contributed by atoms with Gasteiger partial charge >= 0.3 is 0 Å². The fourth-order valence-electron chi connectivity index (χ4n) is 2.30. The standard InChI is InChI=1S/C10H20N2S/c1-2-4-11-7-10(3-1)8-12-5-6-13-9-10/h11-12H,1-9H2. The molecule has 2 heterocycles. The summed E-state index contributed by atoms with van der Waals surface area (Å²) in [5.74, 6) is 2.65. The van der Waals surface area contributed by atoms with Crippen LogP contribution in [-0.2, 0) is 0 Å². The molecule has 0 radical (unpaired) electrons. The fourth-order valence-corrected chi connectivity index (χ4v) is 3.52. The van der Waals surface area contributed by atoms with E-state index < -0.39 is 0 Å². The summed E-state index contributed by atoms with van der Waals surface area (Å²) in [5, 5.41) is 7.16. The van der Waals surface area contributed by atoms with Crippen molar-refractivity contribution in [2.24, 2.45) is 5.41 Å². The van der Waals surface area contributed by atoms with Crippen molar-refractivity contribution in [2.75, 3.05) is 37.7 Å². The van der Waals surface area contributed by atoms with Gasteiger partial charge in [0.15, 0.2) is 0 Å². The minimum atomic E-state index is 0.567. The molecule has 2 fully saturated rings. The van der Waals surface area contributed by atoms with Crippen LogP contribution in [0.15, 0.2) is 0 Å². The molecule has 0 aliphatic carbocycles. The highest BCUT2D eigenvalue weighted by atomic mass is 32.2. The van der Waals surface area contributed by atoms with Crippen LogP contribution in [0.4, 0.5) is 0 Å². The van der Waals surface area contributed by atoms with Gasteiger partial charge in [-0.2, -0.15) is 11.8 Å². The lowest BCUT2D eigenvalue weighted by Crippen LogP contribution is -2.41. The Morgan fingerprint density at radius 3 is 2.77 bits per heavy atom. The van der Waals surface area contributed by atoms with Gasteiger partial charge in [-0.15, -0.1) is 0 Å². The Balaban J connectivity index is 1.97. The zero-order chi connectivity index (χ0) is 8.99. The van der Waals surface area contributed by atoms with Gasteiger partial charge in [0.25, 0.3) is 0 Å². The lowest BCUT2D eigenvalue weighted by Gasteiger charge is -2.30. The molecular weight excluding hydrogens is 180 g/mol. The first-order valence-electron chi connectivity index (χ1n) is 5.41. The van der Waals surface area contributed by atoms with E-state index >= 15 is 0 Å². The van der Waals surface area contributed by atoms with Crippen molar-refractivity contribution in [3.63, 3.8) is 0 Å². The Hall–Kier alpha value is 0.270. The summed E-state index contributed by atoms with van der Waals surface area (Å²) in [7, 11) is 0. The van der Waals surface area contributed by atoms with E-state index in [0.717, 1.165) is 0 Å². The molecule has 0 aromatic carbocycles. The fraction of sp³-hybridized carbons (Fsp3) is 1.00. The molecule has 0 bridgehead atoms. The third-order valence-electron chi connectivity index (χ3n) is 3.14. The summed E-state index contributed by atoms with van der Waals surface area (Å²) in [6.07, 6.45) is 4.20. The number of hydrogen-bond donors (Lipinski definition) is 2. The molecule has 1 unspecified atom stereocenters. The van der Waals surface area contributed by atoms with Crippen LogP contribution in [0, 0.1) is 5.41 Å². The second-order valence-electron chi connectivity index (χ2n) is 4.36. The predicted molar refractivity (Wildman–Crippen MR) is 59.3 cm³/mol. The van der Waals surface area contributed by atoms with Crippen molar-refractivity contribution in [1.82, 2.24) is 10.6 Å². The molecule has 1 atom stereocenters. The molecule has 0 aromatic rings. The van der Waals surface area contributed by atoms with E-state index in [-0.39, 0.29) is 0 Å². The van der Waals surface area contributed by atoms with Gasteiger partial charge in [-0.05, 0) is 19.4 Å². The maximum absolute atomic E-state index is 3.58. The minimum absolute atomic E-state index is 0.567. The summed E-state index contributed by atoms with van der Waals surface area (Å²) < 4.78 is 0. The highest BCUT2D eigenvalue weighted by Gasteiger charge is 2.31. The quantitative estimate of drug-likeness (QED) is 0.612. The average molecular weight is 200 g/mol. The highest BCUT2D eigenvalue weighted by Crippen LogP contribution is 2.31. The molecular formula is C10H20N2S. The van der Waals surface area contributed by atoms with Crippen molar-refractivity contribution >= 4 is 11.8 Å². The van der Waals surface area contributed by atoms with Gasteiger partial charge in [0.1, 0.15) is 0 Å². The molecule has 2 rings (SSSR count). The Morgan fingerprint density at radius 1 is 1.00 bits per heavy atom. The first-order valence-corrected chi connectivity index (χ1v) is 6.56. The van der Waals surface area contributed by atoms with Crippen LogP contribution in [0.25, 0.3) is 0 Å². The molecule has 0 saturated carbocycles. The molecule has 2 N–H and O–H groups in total. The zero-order valence-corrected chi connectivity index (χ0v) is 9.09. The molecule has 0 amide bonds. The van der Waals surface area contributed by atoms with Crippen molar-refractivity contribution in [3.05, 3.63) is 0 Å². The van der Waals surface area contributed by atoms with E-state index in [9.17, 15) is 0 Å². The molecule has 2 aliphatic heterocycles. The number of hydrogen-bond acceptors (Lipinski definition) is 3. The van der Waals surface area contributed by atoms with Crippen LogP contribution in [0.1, 0.15) is 19.3 Å². The molecule has 13 heavy (non-hydrogen) atoms. The van der Waals surface area contributed by atoms with Gasteiger partial charge < -0.3 is 10.6 Å². The molecule has 76 valence electrons. The summed E-state index contributed by atoms with van der Waals surface area (Å²) in [6.45, 7) is 4.89. The van der Waals surface area contributed by atoms with Gasteiger partial charge in [0.2, 0.25) is 0 Å².